The molecule has 0 radical (unpaired) electrons. The average molecular weight is 357 g/mol. The quantitative estimate of drug-likeness (QED) is 0.635. The molecule has 0 aliphatic carbocycles. The van der Waals surface area contributed by atoms with Crippen LogP contribution in [0, 0.1) is 0 Å². The highest BCUT2D eigenvalue weighted by Crippen LogP contribution is 2.27. The van der Waals surface area contributed by atoms with Crippen molar-refractivity contribution in [1.29, 1.82) is 0 Å². The van der Waals surface area contributed by atoms with E-state index in [9.17, 15) is 4.79 Å². The summed E-state index contributed by atoms with van der Waals surface area (Å²) in [7, 11) is 3.18. The van der Waals surface area contributed by atoms with Crippen LogP contribution < -0.4 is 20.1 Å². The number of nitrogens with zero attached hydrogens (tertiary/aromatic N) is 1. The zero-order valence-corrected chi connectivity index (χ0v) is 15.7. The van der Waals surface area contributed by atoms with Gasteiger partial charge in [-0.2, -0.15) is 0 Å². The zero-order chi connectivity index (χ0) is 18.8. The molecule has 26 heavy (non-hydrogen) atoms. The molecule has 2 N–H and O–H groups in total. The number of pyridine rings is 1. The maximum absolute atomic E-state index is 12.4. The fourth-order valence-electron chi connectivity index (χ4n) is 2.53. The van der Waals surface area contributed by atoms with E-state index in [-0.39, 0.29) is 5.91 Å². The van der Waals surface area contributed by atoms with Gasteiger partial charge in [0.15, 0.2) is 11.5 Å². The van der Waals surface area contributed by atoms with E-state index in [4.69, 9.17) is 9.47 Å². The number of carbonyl (C=O) groups is 1. The van der Waals surface area contributed by atoms with Crippen LogP contribution in [-0.2, 0) is 6.54 Å². The number of benzene rings is 1. The topological polar surface area (TPSA) is 72.5 Å². The summed E-state index contributed by atoms with van der Waals surface area (Å²) in [6, 6.07) is 9.06. The Morgan fingerprint density at radius 2 is 1.88 bits per heavy atom. The molecule has 0 bridgehead atoms. The molecule has 2 aromatic rings. The van der Waals surface area contributed by atoms with Gasteiger partial charge < -0.3 is 20.1 Å². The second-order valence-corrected chi connectivity index (χ2v) is 5.94. The standard InChI is InChI=1S/C20H27N3O3/c1-4-5-6-10-21-19-13-16(9-11-22-19)20(24)23-14-15-7-8-17(25-2)18(12-15)26-3/h7-9,11-13H,4-6,10,14H2,1-3H3,(H,21,22)(H,23,24). The third-order valence-corrected chi connectivity index (χ3v) is 4.01. The van der Waals surface area contributed by atoms with E-state index in [1.165, 1.54) is 12.8 Å². The molecule has 1 aromatic heterocycles. The van der Waals surface area contributed by atoms with Gasteiger partial charge in [-0.1, -0.05) is 25.8 Å². The van der Waals surface area contributed by atoms with Crippen molar-refractivity contribution in [3.05, 3.63) is 47.7 Å². The minimum absolute atomic E-state index is 0.140. The van der Waals surface area contributed by atoms with E-state index < -0.39 is 0 Å². The number of aromatic nitrogens is 1. The number of amides is 1. The van der Waals surface area contributed by atoms with Crippen LogP contribution in [-0.4, -0.2) is 31.7 Å². The number of hydrogen-bond acceptors (Lipinski definition) is 5. The van der Waals surface area contributed by atoms with Crippen LogP contribution in [0.2, 0.25) is 0 Å². The molecule has 0 saturated heterocycles. The number of carbonyl (C=O) groups excluding carboxylic acids is 1. The van der Waals surface area contributed by atoms with Gasteiger partial charge in [0.25, 0.3) is 5.91 Å². The summed E-state index contributed by atoms with van der Waals surface area (Å²) >= 11 is 0. The van der Waals surface area contributed by atoms with Crippen LogP contribution in [0.5, 0.6) is 11.5 Å². The lowest BCUT2D eigenvalue weighted by Gasteiger charge is -2.11. The van der Waals surface area contributed by atoms with Gasteiger partial charge in [0.2, 0.25) is 0 Å². The Labute approximate surface area is 154 Å². The lowest BCUT2D eigenvalue weighted by Crippen LogP contribution is -2.23. The molecule has 0 fully saturated rings. The van der Waals surface area contributed by atoms with E-state index >= 15 is 0 Å². The fourth-order valence-corrected chi connectivity index (χ4v) is 2.53. The molecule has 0 atom stereocenters. The smallest absolute Gasteiger partial charge is 0.251 e. The highest BCUT2D eigenvalue weighted by atomic mass is 16.5. The fraction of sp³-hybridized carbons (Fsp3) is 0.400. The molecular weight excluding hydrogens is 330 g/mol. The Balaban J connectivity index is 1.93. The normalized spacial score (nSPS) is 10.3. The molecule has 2 rings (SSSR count). The van der Waals surface area contributed by atoms with Crippen molar-refractivity contribution in [2.75, 3.05) is 26.1 Å². The van der Waals surface area contributed by atoms with E-state index in [1.807, 2.05) is 18.2 Å². The van der Waals surface area contributed by atoms with Crippen molar-refractivity contribution >= 4 is 11.7 Å². The Morgan fingerprint density at radius 3 is 2.62 bits per heavy atom. The highest BCUT2D eigenvalue weighted by Gasteiger charge is 2.09. The molecule has 0 unspecified atom stereocenters. The number of nitrogens with one attached hydrogen (secondary N) is 2. The Hall–Kier alpha value is -2.76. The third-order valence-electron chi connectivity index (χ3n) is 4.01. The van der Waals surface area contributed by atoms with Gasteiger partial charge in [-0.15, -0.1) is 0 Å². The molecule has 6 nitrogen and oxygen atoms in total. The van der Waals surface area contributed by atoms with Gasteiger partial charge in [-0.05, 0) is 36.2 Å². The van der Waals surface area contributed by atoms with E-state index in [0.717, 1.165) is 24.3 Å². The number of hydrogen-bond donors (Lipinski definition) is 2. The lowest BCUT2D eigenvalue weighted by molar-refractivity contribution is 0.0951. The molecule has 6 heteroatoms. The minimum Gasteiger partial charge on any atom is -0.493 e. The van der Waals surface area contributed by atoms with Crippen LogP contribution in [0.3, 0.4) is 0 Å². The second kappa shape index (κ2) is 10.3. The minimum atomic E-state index is -0.140. The molecule has 0 aliphatic rings. The van der Waals surface area contributed by atoms with Crippen molar-refractivity contribution in [1.82, 2.24) is 10.3 Å². The van der Waals surface area contributed by atoms with Crippen LogP contribution in [0.15, 0.2) is 36.5 Å². The first-order valence-electron chi connectivity index (χ1n) is 8.87. The summed E-state index contributed by atoms with van der Waals surface area (Å²) in [5.41, 5.74) is 1.52. The van der Waals surface area contributed by atoms with Crippen molar-refractivity contribution in [3.63, 3.8) is 0 Å². The molecule has 1 aromatic carbocycles. The molecule has 0 spiro atoms. The summed E-state index contributed by atoms with van der Waals surface area (Å²) in [6.07, 6.45) is 5.09. The van der Waals surface area contributed by atoms with Gasteiger partial charge >= 0.3 is 0 Å². The monoisotopic (exact) mass is 357 g/mol. The number of unbranched alkanes of at least 4 members (excludes halogenated alkanes) is 2. The summed E-state index contributed by atoms with van der Waals surface area (Å²) < 4.78 is 10.5. The molecule has 1 heterocycles. The van der Waals surface area contributed by atoms with Gasteiger partial charge in [0.1, 0.15) is 5.82 Å². The molecule has 140 valence electrons. The summed E-state index contributed by atoms with van der Waals surface area (Å²) in [6.45, 7) is 3.43. The third kappa shape index (κ3) is 5.65. The maximum atomic E-state index is 12.4. The van der Waals surface area contributed by atoms with Crippen molar-refractivity contribution < 1.29 is 14.3 Å². The van der Waals surface area contributed by atoms with Crippen LogP contribution in [0.25, 0.3) is 0 Å². The molecule has 0 saturated carbocycles. The first-order chi connectivity index (χ1) is 12.7. The average Bonchev–Trinajstić information content (AvgIpc) is 2.69. The second-order valence-electron chi connectivity index (χ2n) is 5.94. The van der Waals surface area contributed by atoms with Crippen LogP contribution in [0.1, 0.15) is 42.1 Å². The summed E-state index contributed by atoms with van der Waals surface area (Å²) in [4.78, 5) is 16.7. The Bertz CT molecular complexity index is 719. The van der Waals surface area contributed by atoms with Gasteiger partial charge in [0.05, 0.1) is 14.2 Å². The Kier molecular flexibility index (Phi) is 7.74. The van der Waals surface area contributed by atoms with Crippen molar-refractivity contribution in [2.24, 2.45) is 0 Å². The van der Waals surface area contributed by atoms with Gasteiger partial charge in [-0.25, -0.2) is 4.98 Å². The van der Waals surface area contributed by atoms with Crippen LogP contribution in [0.4, 0.5) is 5.82 Å². The summed E-state index contributed by atoms with van der Waals surface area (Å²) in [5, 5.41) is 6.17. The molecule has 0 aliphatic heterocycles. The van der Waals surface area contributed by atoms with Gasteiger partial charge in [0, 0.05) is 24.8 Å². The van der Waals surface area contributed by atoms with E-state index in [0.29, 0.717) is 23.6 Å². The number of ether oxygens (including phenoxy) is 2. The first kappa shape index (κ1) is 19.6. The van der Waals surface area contributed by atoms with Crippen molar-refractivity contribution in [3.8, 4) is 11.5 Å². The SMILES string of the molecule is CCCCCNc1cc(C(=O)NCc2ccc(OC)c(OC)c2)ccn1. The number of methoxy groups -OCH3 is 2. The zero-order valence-electron chi connectivity index (χ0n) is 15.7. The van der Waals surface area contributed by atoms with E-state index in [2.05, 4.69) is 22.5 Å². The van der Waals surface area contributed by atoms with Crippen molar-refractivity contribution in [2.45, 2.75) is 32.7 Å². The van der Waals surface area contributed by atoms with E-state index in [1.54, 1.807) is 32.5 Å². The Morgan fingerprint density at radius 1 is 1.08 bits per heavy atom. The predicted octanol–water partition coefficient (Wildman–Crippen LogP) is 3.63. The first-order valence-corrected chi connectivity index (χ1v) is 8.87. The molecule has 1 amide bonds. The summed E-state index contributed by atoms with van der Waals surface area (Å²) in [5.74, 6) is 1.89. The van der Waals surface area contributed by atoms with Gasteiger partial charge in [-0.3, -0.25) is 4.79 Å². The highest BCUT2D eigenvalue weighted by molar-refractivity contribution is 5.94. The molecular formula is C20H27N3O3. The lowest BCUT2D eigenvalue weighted by atomic mass is 10.2. The maximum Gasteiger partial charge on any atom is 0.251 e. The number of anilines is 1. The predicted molar refractivity (Wildman–Crippen MR) is 103 cm³/mol. The number of rotatable bonds is 10. The largest absolute Gasteiger partial charge is 0.493 e. The van der Waals surface area contributed by atoms with Crippen LogP contribution >= 0.6 is 0 Å².